The molecule has 1 aromatic carbocycles. The molecule has 0 saturated heterocycles. The number of H-pyrrole nitrogens is 1. The van der Waals surface area contributed by atoms with Crippen LogP contribution >= 0.6 is 11.6 Å². The van der Waals surface area contributed by atoms with Crippen LogP contribution in [0.3, 0.4) is 0 Å². The minimum Gasteiger partial charge on any atom is -0.383 e. The van der Waals surface area contributed by atoms with Crippen LogP contribution in [0.25, 0.3) is 11.1 Å². The summed E-state index contributed by atoms with van der Waals surface area (Å²) in [6.07, 6.45) is 0. The number of halogens is 1. The third-order valence-electron chi connectivity index (χ3n) is 2.75. The van der Waals surface area contributed by atoms with Crippen LogP contribution in [0.1, 0.15) is 20.8 Å². The van der Waals surface area contributed by atoms with Crippen LogP contribution in [0.5, 0.6) is 0 Å². The summed E-state index contributed by atoms with van der Waals surface area (Å²) in [7, 11) is 0. The molecule has 0 amide bonds. The van der Waals surface area contributed by atoms with E-state index in [-0.39, 0.29) is 11.1 Å². The Labute approximate surface area is 110 Å². The predicted molar refractivity (Wildman–Crippen MR) is 74.9 cm³/mol. The third-order valence-corrected chi connectivity index (χ3v) is 3.08. The average molecular weight is 266 g/mol. The summed E-state index contributed by atoms with van der Waals surface area (Å²) in [5, 5.41) is 3.27. The summed E-state index contributed by atoms with van der Waals surface area (Å²) >= 11 is 6.11. The van der Waals surface area contributed by atoms with E-state index in [0.29, 0.717) is 22.0 Å². The smallest absolute Gasteiger partial charge is 0.274 e. The Morgan fingerprint density at radius 1 is 1.28 bits per heavy atom. The molecule has 0 radical (unpaired) electrons. The maximum absolute atomic E-state index is 12.0. The number of nitrogen functional groups attached to an aromatic ring is 1. The fourth-order valence-corrected chi connectivity index (χ4v) is 2.13. The third kappa shape index (κ3) is 2.04. The van der Waals surface area contributed by atoms with Crippen molar-refractivity contribution < 1.29 is 0 Å². The molecular formula is C13H16ClN3O. The molecule has 0 aliphatic carbocycles. The van der Waals surface area contributed by atoms with Gasteiger partial charge in [-0.3, -0.25) is 14.6 Å². The Morgan fingerprint density at radius 2 is 1.89 bits per heavy atom. The number of aromatic nitrogens is 2. The van der Waals surface area contributed by atoms with Crippen molar-refractivity contribution in [3.05, 3.63) is 39.6 Å². The second-order valence-electron chi connectivity index (χ2n) is 5.19. The maximum Gasteiger partial charge on any atom is 0.274 e. The summed E-state index contributed by atoms with van der Waals surface area (Å²) in [6, 6.07) is 7.17. The molecule has 2 rings (SSSR count). The van der Waals surface area contributed by atoms with E-state index in [1.165, 1.54) is 0 Å². The molecule has 0 aliphatic rings. The zero-order chi connectivity index (χ0) is 13.5. The fourth-order valence-electron chi connectivity index (χ4n) is 1.90. The van der Waals surface area contributed by atoms with E-state index >= 15 is 0 Å². The van der Waals surface area contributed by atoms with Gasteiger partial charge in [-0.1, -0.05) is 29.8 Å². The van der Waals surface area contributed by atoms with Gasteiger partial charge in [0.1, 0.15) is 5.82 Å². The van der Waals surface area contributed by atoms with Crippen molar-refractivity contribution in [3.63, 3.8) is 0 Å². The van der Waals surface area contributed by atoms with Crippen LogP contribution in [-0.4, -0.2) is 9.78 Å². The number of nitrogens with zero attached hydrogens (tertiary/aromatic N) is 1. The van der Waals surface area contributed by atoms with Crippen molar-refractivity contribution in [2.75, 3.05) is 5.73 Å². The largest absolute Gasteiger partial charge is 0.383 e. The average Bonchev–Trinajstić information content (AvgIpc) is 2.55. The molecule has 0 spiro atoms. The highest BCUT2D eigenvalue weighted by Gasteiger charge is 2.22. The normalized spacial score (nSPS) is 11.8. The van der Waals surface area contributed by atoms with Gasteiger partial charge in [-0.05, 0) is 26.8 Å². The lowest BCUT2D eigenvalue weighted by atomic mass is 10.1. The minimum atomic E-state index is -0.289. The molecule has 18 heavy (non-hydrogen) atoms. The zero-order valence-corrected chi connectivity index (χ0v) is 11.4. The van der Waals surface area contributed by atoms with Gasteiger partial charge < -0.3 is 5.73 Å². The van der Waals surface area contributed by atoms with Crippen molar-refractivity contribution in [2.24, 2.45) is 0 Å². The molecule has 0 saturated carbocycles. The quantitative estimate of drug-likeness (QED) is 0.833. The van der Waals surface area contributed by atoms with E-state index < -0.39 is 0 Å². The van der Waals surface area contributed by atoms with Crippen LogP contribution in [0.4, 0.5) is 5.82 Å². The molecule has 1 heterocycles. The van der Waals surface area contributed by atoms with Gasteiger partial charge in [0.2, 0.25) is 0 Å². The van der Waals surface area contributed by atoms with Crippen molar-refractivity contribution in [3.8, 4) is 11.1 Å². The second kappa shape index (κ2) is 4.21. The van der Waals surface area contributed by atoms with Gasteiger partial charge in [0.05, 0.1) is 11.1 Å². The fraction of sp³-hybridized carbons (Fsp3) is 0.308. The van der Waals surface area contributed by atoms with Crippen LogP contribution in [0.2, 0.25) is 5.02 Å². The minimum absolute atomic E-state index is 0.226. The van der Waals surface area contributed by atoms with Gasteiger partial charge in [-0.25, -0.2) is 0 Å². The number of nitrogens with one attached hydrogen (secondary N) is 1. The molecule has 3 N–H and O–H groups in total. The van der Waals surface area contributed by atoms with Gasteiger partial charge in [0.15, 0.2) is 0 Å². The van der Waals surface area contributed by atoms with Crippen molar-refractivity contribution in [2.45, 2.75) is 26.3 Å². The lowest BCUT2D eigenvalue weighted by molar-refractivity contribution is 0.359. The Morgan fingerprint density at radius 3 is 2.39 bits per heavy atom. The lowest BCUT2D eigenvalue weighted by Crippen LogP contribution is -2.25. The van der Waals surface area contributed by atoms with E-state index in [4.69, 9.17) is 17.3 Å². The van der Waals surface area contributed by atoms with Crippen LogP contribution in [0.15, 0.2) is 29.1 Å². The van der Waals surface area contributed by atoms with Crippen LogP contribution in [-0.2, 0) is 5.54 Å². The molecule has 0 fully saturated rings. The first-order valence-electron chi connectivity index (χ1n) is 5.68. The molecule has 4 nitrogen and oxygen atoms in total. The summed E-state index contributed by atoms with van der Waals surface area (Å²) < 4.78 is 1.66. The SMILES string of the molecule is CC(C)(C)n1[nH]c(=O)c(-c2ccccc2Cl)c1N. The molecule has 1 aromatic heterocycles. The van der Waals surface area contributed by atoms with Crippen LogP contribution in [0, 0.1) is 0 Å². The van der Waals surface area contributed by atoms with Gasteiger partial charge >= 0.3 is 0 Å². The van der Waals surface area contributed by atoms with E-state index in [0.717, 1.165) is 0 Å². The number of rotatable bonds is 1. The summed E-state index contributed by atoms with van der Waals surface area (Å²) in [5.41, 5.74) is 6.63. The van der Waals surface area contributed by atoms with Crippen molar-refractivity contribution in [1.29, 1.82) is 0 Å². The van der Waals surface area contributed by atoms with Gasteiger partial charge in [-0.15, -0.1) is 0 Å². The predicted octanol–water partition coefficient (Wildman–Crippen LogP) is 2.83. The van der Waals surface area contributed by atoms with Gasteiger partial charge in [-0.2, -0.15) is 0 Å². The molecule has 0 bridgehead atoms. The molecule has 5 heteroatoms. The van der Waals surface area contributed by atoms with Crippen molar-refractivity contribution >= 4 is 17.4 Å². The standard InChI is InChI=1S/C13H16ClN3O/c1-13(2,3)17-11(15)10(12(18)16-17)8-6-4-5-7-9(8)14/h4-7H,15H2,1-3H3,(H,16,18). The van der Waals surface area contributed by atoms with Gasteiger partial charge in [0, 0.05) is 10.6 Å². The highest BCUT2D eigenvalue weighted by Crippen LogP contribution is 2.31. The Balaban J connectivity index is 2.72. The summed E-state index contributed by atoms with van der Waals surface area (Å²) in [6.45, 7) is 5.90. The molecule has 0 unspecified atom stereocenters. The van der Waals surface area contributed by atoms with Gasteiger partial charge in [0.25, 0.3) is 5.56 Å². The number of benzene rings is 1. The number of anilines is 1. The monoisotopic (exact) mass is 265 g/mol. The Kier molecular flexibility index (Phi) is 2.99. The number of hydrogen-bond donors (Lipinski definition) is 2. The number of hydrogen-bond acceptors (Lipinski definition) is 2. The van der Waals surface area contributed by atoms with E-state index in [1.807, 2.05) is 32.9 Å². The molecule has 2 aromatic rings. The first-order chi connectivity index (χ1) is 8.32. The number of aromatic amines is 1. The molecular weight excluding hydrogens is 250 g/mol. The highest BCUT2D eigenvalue weighted by atomic mass is 35.5. The number of nitrogens with two attached hydrogens (primary N) is 1. The zero-order valence-electron chi connectivity index (χ0n) is 10.6. The first-order valence-corrected chi connectivity index (χ1v) is 6.06. The molecule has 0 atom stereocenters. The summed E-state index contributed by atoms with van der Waals surface area (Å²) in [4.78, 5) is 12.0. The maximum atomic E-state index is 12.0. The molecule has 96 valence electrons. The van der Waals surface area contributed by atoms with Crippen LogP contribution < -0.4 is 11.3 Å². The summed E-state index contributed by atoms with van der Waals surface area (Å²) in [5.74, 6) is 0.403. The van der Waals surface area contributed by atoms with Crippen molar-refractivity contribution in [1.82, 2.24) is 9.78 Å². The topological polar surface area (TPSA) is 63.8 Å². The Bertz CT molecular complexity index is 634. The van der Waals surface area contributed by atoms with E-state index in [1.54, 1.807) is 16.8 Å². The van der Waals surface area contributed by atoms with E-state index in [9.17, 15) is 4.79 Å². The first kappa shape index (κ1) is 12.8. The molecule has 0 aliphatic heterocycles. The Hall–Kier alpha value is -1.68. The second-order valence-corrected chi connectivity index (χ2v) is 5.59. The highest BCUT2D eigenvalue weighted by molar-refractivity contribution is 6.33. The van der Waals surface area contributed by atoms with E-state index in [2.05, 4.69) is 5.10 Å². The lowest BCUT2D eigenvalue weighted by Gasteiger charge is -2.21.